The number of anilines is 1. The molecule has 4 aromatic rings. The van der Waals surface area contributed by atoms with Gasteiger partial charge in [-0.3, -0.25) is 5.32 Å². The van der Waals surface area contributed by atoms with Gasteiger partial charge in [0.15, 0.2) is 5.82 Å². The maximum Gasteiger partial charge on any atom is 0.412 e. The number of carboxylic acids is 1. The number of benzene rings is 3. The summed E-state index contributed by atoms with van der Waals surface area (Å²) < 4.78 is 6.93. The number of aromatic nitrogens is 2. The van der Waals surface area contributed by atoms with Crippen molar-refractivity contribution in [1.29, 1.82) is 5.26 Å². The Morgan fingerprint density at radius 3 is 2.21 bits per heavy atom. The van der Waals surface area contributed by atoms with Crippen LogP contribution in [-0.2, 0) is 4.74 Å². The lowest BCUT2D eigenvalue weighted by atomic mass is 9.98. The lowest BCUT2D eigenvalue weighted by Gasteiger charge is -2.15. The number of nitriles is 1. The fourth-order valence-corrected chi connectivity index (χ4v) is 4.22. The van der Waals surface area contributed by atoms with Crippen molar-refractivity contribution in [3.8, 4) is 22.9 Å². The summed E-state index contributed by atoms with van der Waals surface area (Å²) in [5.74, 6) is -1.01. The highest BCUT2D eigenvalue weighted by molar-refractivity contribution is 5.88. The first-order valence-corrected chi connectivity index (χ1v) is 10.5. The lowest BCUT2D eigenvalue weighted by molar-refractivity contribution is 0.0697. The maximum absolute atomic E-state index is 12.7. The molecule has 0 spiro atoms. The Kier molecular flexibility index (Phi) is 5.28. The van der Waals surface area contributed by atoms with Crippen molar-refractivity contribution in [2.24, 2.45) is 0 Å². The Balaban J connectivity index is 1.35. The second-order valence-electron chi connectivity index (χ2n) is 7.73. The largest absolute Gasteiger partial charge is 0.478 e. The molecule has 0 unspecified atom stereocenters. The van der Waals surface area contributed by atoms with E-state index >= 15 is 0 Å². The second kappa shape index (κ2) is 8.56. The van der Waals surface area contributed by atoms with Crippen molar-refractivity contribution in [3.05, 3.63) is 101 Å². The number of carboxylic acid groups (broad SMARTS) is 1. The Hall–Kier alpha value is -4.90. The number of hydrogen-bond donors (Lipinski definition) is 2. The summed E-state index contributed by atoms with van der Waals surface area (Å²) in [5.41, 5.74) is 5.19. The number of amides is 1. The molecule has 166 valence electrons. The molecule has 5 rings (SSSR count). The molecule has 34 heavy (non-hydrogen) atoms. The standard InChI is InChI=1S/C26H18N4O4/c27-13-17-14-28-30(18-11-9-16(10-12-18)25(31)32)24(17)29-26(33)34-15-23-21-7-3-1-5-19(21)20-6-2-4-8-22(20)23/h1-12,14,23H,15H2,(H,29,33)(H,31,32). The normalized spacial score (nSPS) is 11.9. The molecule has 0 saturated heterocycles. The van der Waals surface area contributed by atoms with Gasteiger partial charge in [-0.2, -0.15) is 10.4 Å². The van der Waals surface area contributed by atoms with Crippen LogP contribution in [0.1, 0.15) is 33.0 Å². The van der Waals surface area contributed by atoms with E-state index in [1.807, 2.05) is 42.5 Å². The van der Waals surface area contributed by atoms with E-state index in [2.05, 4.69) is 22.5 Å². The molecular weight excluding hydrogens is 432 g/mol. The number of aromatic carboxylic acids is 1. The van der Waals surface area contributed by atoms with Crippen LogP contribution in [0.25, 0.3) is 16.8 Å². The van der Waals surface area contributed by atoms with Gasteiger partial charge in [0.05, 0.1) is 17.4 Å². The number of rotatable bonds is 5. The molecule has 0 aliphatic heterocycles. The Morgan fingerprint density at radius 1 is 1.00 bits per heavy atom. The minimum Gasteiger partial charge on any atom is -0.478 e. The first kappa shape index (κ1) is 21.0. The maximum atomic E-state index is 12.7. The number of ether oxygens (including phenoxy) is 1. The van der Waals surface area contributed by atoms with Crippen LogP contribution in [0.4, 0.5) is 10.6 Å². The highest BCUT2D eigenvalue weighted by atomic mass is 16.5. The van der Waals surface area contributed by atoms with E-state index in [0.29, 0.717) is 5.69 Å². The third-order valence-corrected chi connectivity index (χ3v) is 5.81. The zero-order valence-corrected chi connectivity index (χ0v) is 17.8. The van der Waals surface area contributed by atoms with Crippen molar-refractivity contribution in [3.63, 3.8) is 0 Å². The van der Waals surface area contributed by atoms with Gasteiger partial charge in [-0.25, -0.2) is 14.3 Å². The number of carbonyl (C=O) groups is 2. The van der Waals surface area contributed by atoms with Crippen LogP contribution >= 0.6 is 0 Å². The predicted molar refractivity (Wildman–Crippen MR) is 124 cm³/mol. The molecule has 2 N–H and O–H groups in total. The van der Waals surface area contributed by atoms with Crippen molar-refractivity contribution in [2.45, 2.75) is 5.92 Å². The number of nitrogens with zero attached hydrogens (tertiary/aromatic N) is 3. The van der Waals surface area contributed by atoms with Crippen LogP contribution in [0, 0.1) is 11.3 Å². The van der Waals surface area contributed by atoms with E-state index in [0.717, 1.165) is 22.3 Å². The summed E-state index contributed by atoms with van der Waals surface area (Å²) in [6.07, 6.45) is 0.603. The highest BCUT2D eigenvalue weighted by Crippen LogP contribution is 2.44. The lowest BCUT2D eigenvalue weighted by Crippen LogP contribution is -2.20. The first-order valence-electron chi connectivity index (χ1n) is 10.5. The van der Waals surface area contributed by atoms with Gasteiger partial charge in [-0.05, 0) is 46.5 Å². The van der Waals surface area contributed by atoms with Crippen LogP contribution in [0.5, 0.6) is 0 Å². The molecule has 1 heterocycles. The average Bonchev–Trinajstić information content (AvgIpc) is 3.41. The minimum atomic E-state index is -1.05. The highest BCUT2D eigenvalue weighted by Gasteiger charge is 2.29. The molecule has 1 aromatic heterocycles. The molecule has 1 aliphatic carbocycles. The number of nitrogens with one attached hydrogen (secondary N) is 1. The first-order chi connectivity index (χ1) is 16.6. The third kappa shape index (κ3) is 3.65. The molecule has 0 saturated carbocycles. The van der Waals surface area contributed by atoms with Crippen molar-refractivity contribution >= 4 is 17.9 Å². The number of fused-ring (bicyclic) bond motifs is 3. The number of carbonyl (C=O) groups excluding carboxylic acids is 1. The zero-order valence-electron chi connectivity index (χ0n) is 17.8. The Morgan fingerprint density at radius 2 is 1.62 bits per heavy atom. The Bertz CT molecular complexity index is 1400. The predicted octanol–water partition coefficient (Wildman–Crippen LogP) is 4.80. The summed E-state index contributed by atoms with van der Waals surface area (Å²) in [6.45, 7) is 0.128. The van der Waals surface area contributed by atoms with Gasteiger partial charge in [0.1, 0.15) is 18.2 Å². The van der Waals surface area contributed by atoms with Gasteiger partial charge in [-0.1, -0.05) is 48.5 Å². The molecule has 0 radical (unpaired) electrons. The van der Waals surface area contributed by atoms with E-state index in [-0.39, 0.29) is 29.5 Å². The molecular formula is C26H18N4O4. The summed E-state index contributed by atoms with van der Waals surface area (Å²) in [4.78, 5) is 23.8. The quantitative estimate of drug-likeness (QED) is 0.451. The molecule has 8 heteroatoms. The molecule has 1 aliphatic rings. The van der Waals surface area contributed by atoms with Crippen LogP contribution in [0.2, 0.25) is 0 Å². The van der Waals surface area contributed by atoms with Gasteiger partial charge in [-0.15, -0.1) is 0 Å². The van der Waals surface area contributed by atoms with E-state index in [4.69, 9.17) is 9.84 Å². The van der Waals surface area contributed by atoms with Crippen LogP contribution in [-0.4, -0.2) is 33.6 Å². The summed E-state index contributed by atoms with van der Waals surface area (Å²) in [6, 6.07) is 24.0. The monoisotopic (exact) mass is 450 g/mol. The van der Waals surface area contributed by atoms with Crippen LogP contribution < -0.4 is 5.32 Å². The Labute approximate surface area is 194 Å². The molecule has 3 aromatic carbocycles. The SMILES string of the molecule is N#Cc1cnn(-c2ccc(C(=O)O)cc2)c1NC(=O)OCC1c2ccccc2-c2ccccc21. The molecule has 0 bridgehead atoms. The fourth-order valence-electron chi connectivity index (χ4n) is 4.22. The van der Waals surface area contributed by atoms with Gasteiger partial charge in [0.2, 0.25) is 0 Å². The molecule has 8 nitrogen and oxygen atoms in total. The van der Waals surface area contributed by atoms with E-state index < -0.39 is 12.1 Å². The van der Waals surface area contributed by atoms with Crippen molar-refractivity contribution in [1.82, 2.24) is 9.78 Å². The van der Waals surface area contributed by atoms with Gasteiger partial charge in [0.25, 0.3) is 0 Å². The van der Waals surface area contributed by atoms with Gasteiger partial charge >= 0.3 is 12.1 Å². The fraction of sp³-hybridized carbons (Fsp3) is 0.0769. The van der Waals surface area contributed by atoms with E-state index in [9.17, 15) is 14.9 Å². The minimum absolute atomic E-state index is 0.0953. The van der Waals surface area contributed by atoms with E-state index in [1.54, 1.807) is 12.1 Å². The van der Waals surface area contributed by atoms with Gasteiger partial charge in [0, 0.05) is 5.92 Å². The van der Waals surface area contributed by atoms with Crippen LogP contribution in [0.3, 0.4) is 0 Å². The average molecular weight is 450 g/mol. The molecule has 0 fully saturated rings. The smallest absolute Gasteiger partial charge is 0.412 e. The molecule has 1 amide bonds. The van der Waals surface area contributed by atoms with Crippen molar-refractivity contribution in [2.75, 3.05) is 11.9 Å². The van der Waals surface area contributed by atoms with Gasteiger partial charge < -0.3 is 9.84 Å². The van der Waals surface area contributed by atoms with E-state index in [1.165, 1.54) is 23.0 Å². The number of hydrogen-bond acceptors (Lipinski definition) is 5. The summed E-state index contributed by atoms with van der Waals surface area (Å²) in [7, 11) is 0. The summed E-state index contributed by atoms with van der Waals surface area (Å²) in [5, 5.41) is 25.3. The zero-order chi connectivity index (χ0) is 23.7. The van der Waals surface area contributed by atoms with Crippen molar-refractivity contribution < 1.29 is 19.4 Å². The third-order valence-electron chi connectivity index (χ3n) is 5.81. The second-order valence-corrected chi connectivity index (χ2v) is 7.73. The topological polar surface area (TPSA) is 117 Å². The van der Waals surface area contributed by atoms with Crippen LogP contribution in [0.15, 0.2) is 79.0 Å². The summed E-state index contributed by atoms with van der Waals surface area (Å²) >= 11 is 0. The molecule has 0 atom stereocenters.